The van der Waals surface area contributed by atoms with Crippen molar-refractivity contribution in [2.45, 2.75) is 9.79 Å². The van der Waals surface area contributed by atoms with E-state index >= 15 is 0 Å². The third-order valence-corrected chi connectivity index (χ3v) is 7.73. The summed E-state index contributed by atoms with van der Waals surface area (Å²) in [6.07, 6.45) is 4.41. The van der Waals surface area contributed by atoms with Gasteiger partial charge in [0, 0.05) is 43.6 Å². The molecular weight excluding hydrogens is 448 g/mol. The highest BCUT2D eigenvalue weighted by molar-refractivity contribution is 7.89. The summed E-state index contributed by atoms with van der Waals surface area (Å²) < 4.78 is 49.7. The predicted molar refractivity (Wildman–Crippen MR) is 123 cm³/mol. The van der Waals surface area contributed by atoms with Crippen molar-refractivity contribution in [2.75, 3.05) is 14.1 Å². The lowest BCUT2D eigenvalue weighted by Gasteiger charge is -2.13. The number of hydrogen-bond acceptors (Lipinski definition) is 6. The van der Waals surface area contributed by atoms with Crippen LogP contribution in [0.15, 0.2) is 83.0 Å². The molecule has 2 heterocycles. The SMILES string of the molecule is CN(C)S(=O)(=O)c1cccc(-c2ccnc3ccc(-c4cncc(S(N)(=O)=O)c4)cc23)c1. The van der Waals surface area contributed by atoms with E-state index in [1.807, 2.05) is 30.3 Å². The van der Waals surface area contributed by atoms with Gasteiger partial charge >= 0.3 is 0 Å². The molecule has 2 aromatic carbocycles. The number of sulfonamides is 2. The van der Waals surface area contributed by atoms with Gasteiger partial charge in [0.1, 0.15) is 4.90 Å². The Balaban J connectivity index is 1.89. The number of pyridine rings is 2. The third-order valence-electron chi connectivity index (χ3n) is 5.04. The molecule has 32 heavy (non-hydrogen) atoms. The fourth-order valence-electron chi connectivity index (χ4n) is 3.34. The number of nitrogens with two attached hydrogens (primary N) is 1. The van der Waals surface area contributed by atoms with Gasteiger partial charge in [-0.15, -0.1) is 0 Å². The van der Waals surface area contributed by atoms with Crippen molar-refractivity contribution >= 4 is 30.9 Å². The molecule has 0 unspecified atom stereocenters. The summed E-state index contributed by atoms with van der Waals surface area (Å²) in [7, 11) is -4.51. The number of benzene rings is 2. The zero-order valence-corrected chi connectivity index (χ0v) is 18.9. The number of aromatic nitrogens is 2. The van der Waals surface area contributed by atoms with Crippen LogP contribution in [0, 0.1) is 0 Å². The van der Waals surface area contributed by atoms with Crippen LogP contribution in [0.4, 0.5) is 0 Å². The highest BCUT2D eigenvalue weighted by Crippen LogP contribution is 2.32. The summed E-state index contributed by atoms with van der Waals surface area (Å²) in [5.74, 6) is 0. The van der Waals surface area contributed by atoms with Crippen molar-refractivity contribution in [3.05, 3.63) is 73.2 Å². The molecule has 2 aromatic heterocycles. The zero-order chi connectivity index (χ0) is 23.1. The van der Waals surface area contributed by atoms with Gasteiger partial charge in [0.05, 0.1) is 10.4 Å². The maximum Gasteiger partial charge on any atom is 0.242 e. The number of hydrogen-bond donors (Lipinski definition) is 1. The van der Waals surface area contributed by atoms with E-state index in [2.05, 4.69) is 9.97 Å². The molecule has 8 nitrogen and oxygen atoms in total. The molecule has 0 bridgehead atoms. The molecule has 0 spiro atoms. The van der Waals surface area contributed by atoms with Crippen LogP contribution in [-0.2, 0) is 20.0 Å². The standard InChI is InChI=1S/C22H20N4O4S2/c1-26(2)32(29,30)18-5-3-4-16(10-18)20-8-9-25-22-7-6-15(12-21(20)22)17-11-19(14-24-13-17)31(23,27)28/h3-14H,1-2H3,(H2,23,27,28). The Morgan fingerprint density at radius 2 is 1.56 bits per heavy atom. The number of rotatable bonds is 5. The van der Waals surface area contributed by atoms with Gasteiger partial charge in [0.15, 0.2) is 0 Å². The Morgan fingerprint density at radius 3 is 2.28 bits per heavy atom. The molecule has 0 fully saturated rings. The van der Waals surface area contributed by atoms with Gasteiger partial charge in [0.2, 0.25) is 20.0 Å². The fourth-order valence-corrected chi connectivity index (χ4v) is 4.79. The smallest absolute Gasteiger partial charge is 0.242 e. The van der Waals surface area contributed by atoms with Crippen LogP contribution in [0.1, 0.15) is 0 Å². The van der Waals surface area contributed by atoms with Crippen LogP contribution in [0.25, 0.3) is 33.2 Å². The molecule has 0 aliphatic heterocycles. The van der Waals surface area contributed by atoms with E-state index in [4.69, 9.17) is 5.14 Å². The second kappa shape index (κ2) is 8.06. The monoisotopic (exact) mass is 468 g/mol. The largest absolute Gasteiger partial charge is 0.263 e. The average Bonchev–Trinajstić information content (AvgIpc) is 2.78. The van der Waals surface area contributed by atoms with Crippen LogP contribution in [0.3, 0.4) is 0 Å². The van der Waals surface area contributed by atoms with Crippen molar-refractivity contribution in [3.63, 3.8) is 0 Å². The molecule has 0 atom stereocenters. The summed E-state index contributed by atoms with van der Waals surface area (Å²) in [6, 6.07) is 15.5. The minimum Gasteiger partial charge on any atom is -0.263 e. The molecule has 2 N–H and O–H groups in total. The second-order valence-electron chi connectivity index (χ2n) is 7.36. The molecule has 4 aromatic rings. The van der Waals surface area contributed by atoms with E-state index in [9.17, 15) is 16.8 Å². The van der Waals surface area contributed by atoms with Crippen LogP contribution < -0.4 is 5.14 Å². The first kappa shape index (κ1) is 22.0. The molecule has 4 rings (SSSR count). The highest BCUT2D eigenvalue weighted by Gasteiger charge is 2.18. The molecule has 10 heteroatoms. The van der Waals surface area contributed by atoms with Gasteiger partial charge in [-0.3, -0.25) is 9.97 Å². The molecule has 0 aliphatic rings. The fraction of sp³-hybridized carbons (Fsp3) is 0.0909. The van der Waals surface area contributed by atoms with Crippen molar-refractivity contribution in [1.82, 2.24) is 14.3 Å². The summed E-state index contributed by atoms with van der Waals surface area (Å²) in [6.45, 7) is 0. The number of fused-ring (bicyclic) bond motifs is 1. The van der Waals surface area contributed by atoms with Gasteiger partial charge in [0.25, 0.3) is 0 Å². The Morgan fingerprint density at radius 1 is 0.812 bits per heavy atom. The minimum atomic E-state index is -3.89. The summed E-state index contributed by atoms with van der Waals surface area (Å²) in [5.41, 5.74) is 3.53. The number of nitrogens with zero attached hydrogens (tertiary/aromatic N) is 3. The summed E-state index contributed by atoms with van der Waals surface area (Å²) >= 11 is 0. The quantitative estimate of drug-likeness (QED) is 0.480. The molecule has 164 valence electrons. The first-order valence-corrected chi connectivity index (χ1v) is 12.5. The van der Waals surface area contributed by atoms with Crippen molar-refractivity contribution < 1.29 is 16.8 Å². The van der Waals surface area contributed by atoms with Crippen molar-refractivity contribution in [2.24, 2.45) is 5.14 Å². The van der Waals surface area contributed by atoms with E-state index in [-0.39, 0.29) is 9.79 Å². The lowest BCUT2D eigenvalue weighted by Crippen LogP contribution is -2.22. The zero-order valence-electron chi connectivity index (χ0n) is 17.3. The molecule has 0 saturated carbocycles. The van der Waals surface area contributed by atoms with E-state index < -0.39 is 20.0 Å². The summed E-state index contributed by atoms with van der Waals surface area (Å²) in [4.78, 5) is 8.50. The molecule has 0 radical (unpaired) electrons. The van der Waals surface area contributed by atoms with E-state index in [0.717, 1.165) is 16.5 Å². The number of primary sulfonamides is 1. The van der Waals surface area contributed by atoms with Crippen LogP contribution in [0.5, 0.6) is 0 Å². The Hall–Kier alpha value is -3.18. The Labute approximate surface area is 186 Å². The van der Waals surface area contributed by atoms with Crippen LogP contribution in [-0.4, -0.2) is 45.2 Å². The molecular formula is C22H20N4O4S2. The normalized spacial score (nSPS) is 12.4. The lowest BCUT2D eigenvalue weighted by molar-refractivity contribution is 0.521. The second-order valence-corrected chi connectivity index (χ2v) is 11.1. The van der Waals surface area contributed by atoms with Gasteiger partial charge < -0.3 is 0 Å². The topological polar surface area (TPSA) is 123 Å². The Bertz CT molecular complexity index is 1550. The molecule has 0 aliphatic carbocycles. The first-order chi connectivity index (χ1) is 15.1. The molecule has 0 amide bonds. The van der Waals surface area contributed by atoms with Crippen molar-refractivity contribution in [3.8, 4) is 22.3 Å². The minimum absolute atomic E-state index is 0.0805. The maximum atomic E-state index is 12.6. The van der Waals surface area contributed by atoms with Crippen LogP contribution >= 0.6 is 0 Å². The van der Waals surface area contributed by atoms with E-state index in [0.29, 0.717) is 16.6 Å². The average molecular weight is 469 g/mol. The van der Waals surface area contributed by atoms with Gasteiger partial charge in [-0.2, -0.15) is 0 Å². The Kier molecular flexibility index (Phi) is 5.55. The van der Waals surface area contributed by atoms with Crippen LogP contribution in [0.2, 0.25) is 0 Å². The predicted octanol–water partition coefficient (Wildman–Crippen LogP) is 2.86. The van der Waals surface area contributed by atoms with E-state index in [1.54, 1.807) is 30.6 Å². The van der Waals surface area contributed by atoms with Gasteiger partial charge in [-0.25, -0.2) is 26.3 Å². The molecule has 0 saturated heterocycles. The maximum absolute atomic E-state index is 12.6. The third kappa shape index (κ3) is 4.13. The van der Waals surface area contributed by atoms with Gasteiger partial charge in [-0.1, -0.05) is 18.2 Å². The van der Waals surface area contributed by atoms with Gasteiger partial charge in [-0.05, 0) is 53.1 Å². The highest BCUT2D eigenvalue weighted by atomic mass is 32.2. The van der Waals surface area contributed by atoms with E-state index in [1.165, 1.54) is 30.7 Å². The summed E-state index contributed by atoms with van der Waals surface area (Å²) in [5, 5.41) is 6.02. The lowest BCUT2D eigenvalue weighted by atomic mass is 9.98. The van der Waals surface area contributed by atoms with Crippen molar-refractivity contribution in [1.29, 1.82) is 0 Å². The first-order valence-electron chi connectivity index (χ1n) is 9.47.